The second-order valence-corrected chi connectivity index (χ2v) is 6.03. The van der Waals surface area contributed by atoms with Gasteiger partial charge in [-0.1, -0.05) is 35.3 Å². The van der Waals surface area contributed by atoms with Crippen LogP contribution in [-0.2, 0) is 4.79 Å². The van der Waals surface area contributed by atoms with Crippen molar-refractivity contribution < 1.29 is 4.79 Å². The molecule has 0 aliphatic carbocycles. The minimum Gasteiger partial charge on any atom is -0.384 e. The van der Waals surface area contributed by atoms with Crippen molar-refractivity contribution in [3.8, 4) is 0 Å². The van der Waals surface area contributed by atoms with Crippen LogP contribution in [-0.4, -0.2) is 12.5 Å². The highest BCUT2D eigenvalue weighted by Gasteiger charge is 2.06. The Kier molecular flexibility index (Phi) is 5.91. The maximum atomic E-state index is 11.9. The van der Waals surface area contributed by atoms with Crippen LogP contribution >= 0.6 is 39.1 Å². The molecule has 0 spiro atoms. The predicted molar refractivity (Wildman–Crippen MR) is 92.3 cm³/mol. The topological polar surface area (TPSA) is 41.1 Å². The first kappa shape index (κ1) is 16.1. The first-order chi connectivity index (χ1) is 10.1. The van der Waals surface area contributed by atoms with Crippen molar-refractivity contribution in [1.82, 2.24) is 0 Å². The molecule has 0 radical (unpaired) electrons. The van der Waals surface area contributed by atoms with Gasteiger partial charge in [0.2, 0.25) is 5.91 Å². The molecule has 0 atom stereocenters. The number of anilines is 2. The average molecular weight is 388 g/mol. The Morgan fingerprint density at radius 2 is 1.86 bits per heavy atom. The zero-order valence-electron chi connectivity index (χ0n) is 11.0. The van der Waals surface area contributed by atoms with E-state index in [0.717, 1.165) is 10.2 Å². The minimum absolute atomic E-state index is 0.112. The molecule has 0 aliphatic heterocycles. The number of para-hydroxylation sites is 1. The van der Waals surface area contributed by atoms with Gasteiger partial charge >= 0.3 is 0 Å². The van der Waals surface area contributed by atoms with Crippen LogP contribution in [0.4, 0.5) is 11.4 Å². The Morgan fingerprint density at radius 3 is 2.57 bits per heavy atom. The molecule has 2 aromatic carbocycles. The average Bonchev–Trinajstić information content (AvgIpc) is 2.44. The number of hydrogen-bond acceptors (Lipinski definition) is 2. The SMILES string of the molecule is O=C(CCNc1ccccc1Br)Nc1ccc(Cl)cc1Cl. The molecule has 0 saturated carbocycles. The van der Waals surface area contributed by atoms with E-state index in [-0.39, 0.29) is 5.91 Å². The van der Waals surface area contributed by atoms with Gasteiger partial charge in [0.15, 0.2) is 0 Å². The lowest BCUT2D eigenvalue weighted by Crippen LogP contribution is -2.16. The quantitative estimate of drug-likeness (QED) is 0.740. The van der Waals surface area contributed by atoms with Crippen LogP contribution in [0.15, 0.2) is 46.9 Å². The van der Waals surface area contributed by atoms with E-state index in [4.69, 9.17) is 23.2 Å². The third-order valence-corrected chi connectivity index (χ3v) is 3.99. The van der Waals surface area contributed by atoms with Crippen molar-refractivity contribution in [3.05, 3.63) is 57.0 Å². The number of benzene rings is 2. The Morgan fingerprint density at radius 1 is 1.10 bits per heavy atom. The van der Waals surface area contributed by atoms with E-state index in [1.807, 2.05) is 24.3 Å². The summed E-state index contributed by atoms with van der Waals surface area (Å²) >= 11 is 15.3. The molecule has 2 aromatic rings. The maximum Gasteiger partial charge on any atom is 0.226 e. The smallest absolute Gasteiger partial charge is 0.226 e. The van der Waals surface area contributed by atoms with Gasteiger partial charge in [-0.05, 0) is 46.3 Å². The van der Waals surface area contributed by atoms with E-state index in [0.29, 0.717) is 28.7 Å². The lowest BCUT2D eigenvalue weighted by Gasteiger charge is -2.10. The summed E-state index contributed by atoms with van der Waals surface area (Å²) in [5.74, 6) is -0.112. The molecule has 110 valence electrons. The molecule has 0 unspecified atom stereocenters. The van der Waals surface area contributed by atoms with Crippen LogP contribution in [0.3, 0.4) is 0 Å². The largest absolute Gasteiger partial charge is 0.384 e. The molecule has 2 rings (SSSR count). The summed E-state index contributed by atoms with van der Waals surface area (Å²) in [7, 11) is 0. The molecule has 0 aliphatic rings. The summed E-state index contributed by atoms with van der Waals surface area (Å²) in [6, 6.07) is 12.7. The van der Waals surface area contributed by atoms with Gasteiger partial charge < -0.3 is 10.6 Å². The zero-order valence-corrected chi connectivity index (χ0v) is 14.1. The van der Waals surface area contributed by atoms with Crippen molar-refractivity contribution in [2.75, 3.05) is 17.2 Å². The van der Waals surface area contributed by atoms with Crippen LogP contribution in [0.2, 0.25) is 10.0 Å². The normalized spacial score (nSPS) is 10.2. The molecule has 21 heavy (non-hydrogen) atoms. The highest BCUT2D eigenvalue weighted by molar-refractivity contribution is 9.10. The lowest BCUT2D eigenvalue weighted by molar-refractivity contribution is -0.115. The Balaban J connectivity index is 1.84. The minimum atomic E-state index is -0.112. The predicted octanol–water partition coefficient (Wildman–Crippen LogP) is 5.20. The molecule has 0 bridgehead atoms. The van der Waals surface area contributed by atoms with Gasteiger partial charge in [0.1, 0.15) is 0 Å². The fourth-order valence-corrected chi connectivity index (χ4v) is 2.60. The fourth-order valence-electron chi connectivity index (χ4n) is 1.72. The van der Waals surface area contributed by atoms with Crippen LogP contribution in [0.1, 0.15) is 6.42 Å². The van der Waals surface area contributed by atoms with Gasteiger partial charge in [0, 0.05) is 28.1 Å². The molecule has 2 N–H and O–H groups in total. The van der Waals surface area contributed by atoms with Gasteiger partial charge in [0.05, 0.1) is 10.7 Å². The van der Waals surface area contributed by atoms with Gasteiger partial charge in [-0.25, -0.2) is 0 Å². The van der Waals surface area contributed by atoms with Gasteiger partial charge in [-0.15, -0.1) is 0 Å². The van der Waals surface area contributed by atoms with Crippen molar-refractivity contribution in [3.63, 3.8) is 0 Å². The molecule has 0 heterocycles. The van der Waals surface area contributed by atoms with E-state index in [1.165, 1.54) is 0 Å². The second-order valence-electron chi connectivity index (χ2n) is 4.33. The van der Waals surface area contributed by atoms with E-state index in [1.54, 1.807) is 18.2 Å². The summed E-state index contributed by atoms with van der Waals surface area (Å²) in [5, 5.41) is 6.91. The third kappa shape index (κ3) is 4.92. The fraction of sp³-hybridized carbons (Fsp3) is 0.133. The Hall–Kier alpha value is -1.23. The van der Waals surface area contributed by atoms with Crippen molar-refractivity contribution in [2.24, 2.45) is 0 Å². The third-order valence-electron chi connectivity index (χ3n) is 2.75. The lowest BCUT2D eigenvalue weighted by atomic mass is 10.3. The monoisotopic (exact) mass is 386 g/mol. The molecule has 1 amide bonds. The Bertz CT molecular complexity index is 649. The van der Waals surface area contributed by atoms with Gasteiger partial charge in [0.25, 0.3) is 0 Å². The Labute approximate surface area is 141 Å². The van der Waals surface area contributed by atoms with E-state index >= 15 is 0 Å². The highest BCUT2D eigenvalue weighted by atomic mass is 79.9. The summed E-state index contributed by atoms with van der Waals surface area (Å²) in [6.07, 6.45) is 0.334. The first-order valence-corrected chi connectivity index (χ1v) is 7.84. The van der Waals surface area contributed by atoms with Gasteiger partial charge in [-0.3, -0.25) is 4.79 Å². The van der Waals surface area contributed by atoms with Gasteiger partial charge in [-0.2, -0.15) is 0 Å². The van der Waals surface area contributed by atoms with Crippen molar-refractivity contribution in [2.45, 2.75) is 6.42 Å². The van der Waals surface area contributed by atoms with Crippen LogP contribution in [0.25, 0.3) is 0 Å². The summed E-state index contributed by atoms with van der Waals surface area (Å²) in [6.45, 7) is 0.527. The molecule has 3 nitrogen and oxygen atoms in total. The number of carbonyl (C=O) groups excluding carboxylic acids is 1. The van der Waals surface area contributed by atoms with Crippen LogP contribution < -0.4 is 10.6 Å². The number of halogens is 3. The number of hydrogen-bond donors (Lipinski definition) is 2. The van der Waals surface area contributed by atoms with Crippen molar-refractivity contribution >= 4 is 56.4 Å². The molecular formula is C15H13BrCl2N2O. The number of rotatable bonds is 5. The maximum absolute atomic E-state index is 11.9. The molecule has 0 aromatic heterocycles. The number of nitrogens with one attached hydrogen (secondary N) is 2. The van der Waals surface area contributed by atoms with E-state index in [2.05, 4.69) is 26.6 Å². The standard InChI is InChI=1S/C15H13BrCl2N2O/c16-11-3-1-2-4-13(11)19-8-7-15(21)20-14-6-5-10(17)9-12(14)18/h1-6,9,19H,7-8H2,(H,20,21). The summed E-state index contributed by atoms with van der Waals surface area (Å²) < 4.78 is 0.964. The second kappa shape index (κ2) is 7.69. The molecule has 6 heteroatoms. The van der Waals surface area contributed by atoms with E-state index in [9.17, 15) is 4.79 Å². The molecular weight excluding hydrogens is 375 g/mol. The van der Waals surface area contributed by atoms with Crippen molar-refractivity contribution in [1.29, 1.82) is 0 Å². The molecule has 0 saturated heterocycles. The van der Waals surface area contributed by atoms with Crippen LogP contribution in [0.5, 0.6) is 0 Å². The zero-order chi connectivity index (χ0) is 15.2. The number of carbonyl (C=O) groups is 1. The summed E-state index contributed by atoms with van der Waals surface area (Å²) in [4.78, 5) is 11.9. The molecule has 0 fully saturated rings. The number of amides is 1. The first-order valence-electron chi connectivity index (χ1n) is 6.29. The summed E-state index contributed by atoms with van der Waals surface area (Å²) in [5.41, 5.74) is 1.52. The highest BCUT2D eigenvalue weighted by Crippen LogP contribution is 2.25. The van der Waals surface area contributed by atoms with Crippen LogP contribution in [0, 0.1) is 0 Å². The van der Waals surface area contributed by atoms with E-state index < -0.39 is 0 Å².